The maximum Gasteiger partial charge on any atom is 0.349 e. The fourth-order valence-electron chi connectivity index (χ4n) is 2.98. The van der Waals surface area contributed by atoms with Crippen molar-refractivity contribution in [2.24, 2.45) is 0 Å². The van der Waals surface area contributed by atoms with Crippen LogP contribution in [0, 0.1) is 17.0 Å². The van der Waals surface area contributed by atoms with Crippen molar-refractivity contribution in [2.75, 3.05) is 0 Å². The molecule has 0 atom stereocenters. The number of benzene rings is 2. The highest BCUT2D eigenvalue weighted by molar-refractivity contribution is 6.31. The van der Waals surface area contributed by atoms with Gasteiger partial charge in [0.2, 0.25) is 0 Å². The number of rotatable bonds is 2. The Morgan fingerprint density at radius 3 is 2.63 bits per heavy atom. The van der Waals surface area contributed by atoms with Crippen molar-refractivity contribution >= 4 is 28.2 Å². The Bertz CT molecular complexity index is 1330. The fraction of sp³-hybridized carbons (Fsp3) is 0.0556. The highest BCUT2D eigenvalue weighted by Gasteiger charge is 2.20. The van der Waals surface area contributed by atoms with Crippen molar-refractivity contribution < 1.29 is 4.92 Å². The third kappa shape index (κ3) is 2.76. The molecule has 2 aromatic carbocycles. The van der Waals surface area contributed by atoms with E-state index in [1.165, 1.54) is 18.2 Å². The maximum absolute atomic E-state index is 12.3. The van der Waals surface area contributed by atoms with Gasteiger partial charge < -0.3 is 0 Å². The molecule has 1 N–H and O–H groups in total. The number of nitrogens with zero attached hydrogens (tertiary/aromatic N) is 3. The summed E-state index contributed by atoms with van der Waals surface area (Å²) in [6.45, 7) is 1.85. The van der Waals surface area contributed by atoms with Crippen LogP contribution in [0.4, 0.5) is 5.69 Å². The van der Waals surface area contributed by atoms with Gasteiger partial charge in [-0.15, -0.1) is 0 Å². The van der Waals surface area contributed by atoms with Crippen LogP contribution in [0.1, 0.15) is 5.56 Å². The van der Waals surface area contributed by atoms with Gasteiger partial charge in [0.05, 0.1) is 16.0 Å². The number of hydrogen-bond acceptors (Lipinski definition) is 5. The zero-order chi connectivity index (χ0) is 19.3. The largest absolute Gasteiger partial charge is 0.349 e. The minimum absolute atomic E-state index is 0.111. The first kappa shape index (κ1) is 16.9. The summed E-state index contributed by atoms with van der Waals surface area (Å²) in [5.41, 5.74) is 0.611. The van der Waals surface area contributed by atoms with Crippen LogP contribution in [-0.4, -0.2) is 19.5 Å². The second-order valence-corrected chi connectivity index (χ2v) is 6.43. The smallest absolute Gasteiger partial charge is 0.294 e. The molecule has 27 heavy (non-hydrogen) atoms. The number of fused-ring (bicyclic) bond motifs is 2. The summed E-state index contributed by atoms with van der Waals surface area (Å²) in [6.07, 6.45) is 0. The van der Waals surface area contributed by atoms with Crippen LogP contribution in [-0.2, 0) is 0 Å². The number of halogens is 1. The average Bonchev–Trinajstić information content (AvgIpc) is 2.62. The van der Waals surface area contributed by atoms with E-state index >= 15 is 0 Å². The van der Waals surface area contributed by atoms with Gasteiger partial charge in [0, 0.05) is 28.2 Å². The van der Waals surface area contributed by atoms with Crippen molar-refractivity contribution in [1.82, 2.24) is 14.5 Å². The van der Waals surface area contributed by atoms with Crippen LogP contribution >= 0.6 is 11.6 Å². The molecule has 8 nitrogen and oxygen atoms in total. The normalized spacial score (nSPS) is 11.2. The Kier molecular flexibility index (Phi) is 3.78. The number of H-pyrrole nitrogens is 1. The molecule has 2 aromatic rings. The highest BCUT2D eigenvalue weighted by Crippen LogP contribution is 2.31. The predicted octanol–water partition coefficient (Wildman–Crippen LogP) is 3.05. The predicted molar refractivity (Wildman–Crippen MR) is 101 cm³/mol. The summed E-state index contributed by atoms with van der Waals surface area (Å²) in [5.74, 6) is 0.144. The molecule has 0 bridgehead atoms. The van der Waals surface area contributed by atoms with Crippen LogP contribution in [0.3, 0.4) is 0 Å². The van der Waals surface area contributed by atoms with Crippen LogP contribution in [0.25, 0.3) is 28.0 Å². The zero-order valence-electron chi connectivity index (χ0n) is 13.9. The molecule has 2 aliphatic heterocycles. The Balaban J connectivity index is 2.21. The van der Waals surface area contributed by atoms with E-state index in [2.05, 4.69) is 9.97 Å². The number of aryl methyl sites for hydroxylation is 1. The lowest BCUT2D eigenvalue weighted by atomic mass is 10.1. The Hall–Kier alpha value is -3.52. The van der Waals surface area contributed by atoms with E-state index in [0.29, 0.717) is 21.6 Å². The van der Waals surface area contributed by atoms with E-state index in [1.807, 2.05) is 6.92 Å². The number of aromatic nitrogens is 3. The number of nitro groups is 1. The van der Waals surface area contributed by atoms with E-state index < -0.39 is 16.2 Å². The third-order valence-electron chi connectivity index (χ3n) is 4.30. The van der Waals surface area contributed by atoms with E-state index in [-0.39, 0.29) is 17.1 Å². The first-order valence-electron chi connectivity index (χ1n) is 7.86. The lowest BCUT2D eigenvalue weighted by Crippen LogP contribution is -2.27. The summed E-state index contributed by atoms with van der Waals surface area (Å²) in [4.78, 5) is 40.8. The molecule has 0 spiro atoms. The van der Waals surface area contributed by atoms with Crippen molar-refractivity contribution in [3.05, 3.63) is 84.0 Å². The molecular weight excluding hydrogens is 372 g/mol. The molecule has 4 rings (SSSR count). The van der Waals surface area contributed by atoms with E-state index in [1.54, 1.807) is 28.8 Å². The van der Waals surface area contributed by atoms with Gasteiger partial charge >= 0.3 is 5.69 Å². The van der Waals surface area contributed by atoms with Gasteiger partial charge in [-0.05, 0) is 36.8 Å². The topological polar surface area (TPSA) is 111 Å². The summed E-state index contributed by atoms with van der Waals surface area (Å²) in [6, 6.07) is 11.0. The lowest BCUT2D eigenvalue weighted by molar-refractivity contribution is -0.384. The molecule has 0 aromatic heterocycles. The van der Waals surface area contributed by atoms with Crippen molar-refractivity contribution in [1.29, 1.82) is 0 Å². The molecule has 0 unspecified atom stereocenters. The molecule has 0 fully saturated rings. The molecule has 9 heteroatoms. The summed E-state index contributed by atoms with van der Waals surface area (Å²) < 4.78 is 1.59. The second kappa shape index (κ2) is 6.03. The average molecular weight is 383 g/mol. The molecule has 0 saturated carbocycles. The monoisotopic (exact) mass is 382 g/mol. The van der Waals surface area contributed by atoms with Crippen molar-refractivity contribution in [3.8, 4) is 17.1 Å². The van der Waals surface area contributed by atoms with Gasteiger partial charge in [0.1, 0.15) is 0 Å². The highest BCUT2D eigenvalue weighted by atomic mass is 35.5. The fourth-order valence-corrected chi connectivity index (χ4v) is 3.15. The molecular formula is C18H11ClN4O4. The van der Waals surface area contributed by atoms with Gasteiger partial charge in [-0.25, -0.2) is 4.79 Å². The number of hydrogen-bond donors (Lipinski definition) is 1. The lowest BCUT2D eigenvalue weighted by Gasteiger charge is -2.18. The van der Waals surface area contributed by atoms with Gasteiger partial charge in [0.15, 0.2) is 5.82 Å². The number of pyridine rings is 1. The molecule has 0 amide bonds. The van der Waals surface area contributed by atoms with Crippen LogP contribution in [0.5, 0.6) is 0 Å². The van der Waals surface area contributed by atoms with E-state index in [0.717, 1.165) is 5.56 Å². The minimum atomic E-state index is -0.777. The van der Waals surface area contributed by atoms with Gasteiger partial charge in [0.25, 0.3) is 11.2 Å². The number of nitrogens with one attached hydrogen (secondary N) is 1. The first-order chi connectivity index (χ1) is 12.8. The number of non-ortho nitro benzene ring substituents is 1. The standard InChI is InChI=1S/C18H11ClN4O4/c1-9-2-3-11(8-14(9)19)22-15-5-4-12(23(26)27)6-10(15)7-13-16(22)20-18(25)21-17(13)24/h2-8H,1H3,(H,21,24,25). The quantitative estimate of drug-likeness (QED) is 0.325. The van der Waals surface area contributed by atoms with Gasteiger partial charge in [-0.3, -0.25) is 24.5 Å². The van der Waals surface area contributed by atoms with E-state index in [4.69, 9.17) is 11.6 Å². The summed E-state index contributed by atoms with van der Waals surface area (Å²) in [5, 5.41) is 12.1. The summed E-state index contributed by atoms with van der Waals surface area (Å²) in [7, 11) is 0. The third-order valence-corrected chi connectivity index (χ3v) is 4.71. The Morgan fingerprint density at radius 1 is 1.15 bits per heavy atom. The summed E-state index contributed by atoms with van der Waals surface area (Å²) >= 11 is 6.24. The second-order valence-electron chi connectivity index (χ2n) is 6.02. The van der Waals surface area contributed by atoms with Gasteiger partial charge in [-0.2, -0.15) is 4.98 Å². The molecule has 0 radical (unpaired) electrons. The zero-order valence-corrected chi connectivity index (χ0v) is 14.6. The SMILES string of the molecule is Cc1ccc(-n2c3nc(=O)[nH]c(=O)c-3cc3cc([N+](=O)[O-])ccc32)cc1Cl. The molecule has 134 valence electrons. The Morgan fingerprint density at radius 2 is 1.93 bits per heavy atom. The maximum atomic E-state index is 12.3. The molecule has 0 aliphatic carbocycles. The number of aromatic amines is 1. The van der Waals surface area contributed by atoms with Crippen LogP contribution < -0.4 is 11.2 Å². The van der Waals surface area contributed by atoms with E-state index in [9.17, 15) is 19.7 Å². The van der Waals surface area contributed by atoms with Crippen molar-refractivity contribution in [3.63, 3.8) is 0 Å². The van der Waals surface area contributed by atoms with Crippen LogP contribution in [0.15, 0.2) is 52.1 Å². The minimum Gasteiger partial charge on any atom is -0.294 e. The van der Waals surface area contributed by atoms with Gasteiger partial charge in [-0.1, -0.05) is 17.7 Å². The van der Waals surface area contributed by atoms with Crippen LogP contribution in [0.2, 0.25) is 5.02 Å². The molecule has 2 aliphatic rings. The van der Waals surface area contributed by atoms with Crippen molar-refractivity contribution in [2.45, 2.75) is 6.92 Å². The molecule has 0 saturated heterocycles. The Labute approximate surface area is 156 Å². The molecule has 2 heterocycles. The first-order valence-corrected chi connectivity index (χ1v) is 8.24. The number of nitro benzene ring substituents is 1.